The van der Waals surface area contributed by atoms with Gasteiger partial charge in [-0.2, -0.15) is 0 Å². The van der Waals surface area contributed by atoms with Crippen molar-refractivity contribution in [1.82, 2.24) is 15.0 Å². The lowest BCUT2D eigenvalue weighted by atomic mass is 9.70. The second-order valence-corrected chi connectivity index (χ2v) is 9.06. The molecule has 1 N–H and O–H groups in total. The SMILES string of the molecule is CC(C)(C)[C@@H]1CCCC[C@@H]1NS(=O)(=O)c1cccc2nonc12. The van der Waals surface area contributed by atoms with Gasteiger partial charge >= 0.3 is 0 Å². The molecule has 6 nitrogen and oxygen atoms in total. The zero-order valence-corrected chi connectivity index (χ0v) is 14.6. The van der Waals surface area contributed by atoms with Gasteiger partial charge in [0.25, 0.3) is 0 Å². The second-order valence-electron chi connectivity index (χ2n) is 7.37. The van der Waals surface area contributed by atoms with Crippen molar-refractivity contribution < 1.29 is 13.0 Å². The summed E-state index contributed by atoms with van der Waals surface area (Å²) in [6, 6.07) is 4.83. The minimum absolute atomic E-state index is 0.0520. The molecule has 0 bridgehead atoms. The smallest absolute Gasteiger partial charge is 0.243 e. The average molecular weight is 337 g/mol. The number of hydrogen-bond acceptors (Lipinski definition) is 5. The molecule has 0 spiro atoms. The third-order valence-corrected chi connectivity index (χ3v) is 6.24. The molecule has 1 saturated carbocycles. The van der Waals surface area contributed by atoms with E-state index in [9.17, 15) is 8.42 Å². The largest absolute Gasteiger partial charge is 0.243 e. The van der Waals surface area contributed by atoms with E-state index in [1.807, 2.05) is 0 Å². The first-order valence-corrected chi connectivity index (χ1v) is 9.51. The van der Waals surface area contributed by atoms with E-state index in [1.165, 1.54) is 0 Å². The van der Waals surface area contributed by atoms with Gasteiger partial charge in [-0.15, -0.1) is 0 Å². The molecule has 126 valence electrons. The van der Waals surface area contributed by atoms with Crippen molar-refractivity contribution in [2.75, 3.05) is 0 Å². The van der Waals surface area contributed by atoms with E-state index in [-0.39, 0.29) is 21.9 Å². The van der Waals surface area contributed by atoms with Gasteiger partial charge in [-0.1, -0.05) is 39.7 Å². The van der Waals surface area contributed by atoms with Gasteiger partial charge in [0.1, 0.15) is 10.4 Å². The number of rotatable bonds is 3. The van der Waals surface area contributed by atoms with E-state index in [0.29, 0.717) is 11.4 Å². The summed E-state index contributed by atoms with van der Waals surface area (Å²) in [6.07, 6.45) is 4.12. The van der Waals surface area contributed by atoms with Gasteiger partial charge in [-0.05, 0) is 46.6 Å². The Balaban J connectivity index is 1.92. The predicted octanol–water partition coefficient (Wildman–Crippen LogP) is 3.11. The number of aromatic nitrogens is 2. The number of nitrogens with one attached hydrogen (secondary N) is 1. The Morgan fingerprint density at radius 1 is 1.17 bits per heavy atom. The van der Waals surface area contributed by atoms with Gasteiger partial charge in [0.2, 0.25) is 10.0 Å². The summed E-state index contributed by atoms with van der Waals surface area (Å²) in [4.78, 5) is 0.134. The van der Waals surface area contributed by atoms with E-state index < -0.39 is 10.0 Å². The van der Waals surface area contributed by atoms with Crippen LogP contribution in [-0.2, 0) is 10.0 Å². The summed E-state index contributed by atoms with van der Waals surface area (Å²) in [6.45, 7) is 6.52. The number of nitrogens with zero attached hydrogens (tertiary/aromatic N) is 2. The lowest BCUT2D eigenvalue weighted by molar-refractivity contribution is 0.144. The maximum absolute atomic E-state index is 12.9. The first kappa shape index (κ1) is 16.4. The van der Waals surface area contributed by atoms with Crippen LogP contribution in [0.3, 0.4) is 0 Å². The Bertz CT molecular complexity index is 792. The van der Waals surface area contributed by atoms with E-state index in [0.717, 1.165) is 25.7 Å². The Morgan fingerprint density at radius 2 is 1.91 bits per heavy atom. The molecule has 1 aliphatic rings. The Labute approximate surface area is 136 Å². The molecule has 0 unspecified atom stereocenters. The molecule has 1 heterocycles. The quantitative estimate of drug-likeness (QED) is 0.930. The Kier molecular flexibility index (Phi) is 4.18. The van der Waals surface area contributed by atoms with Crippen molar-refractivity contribution in [3.8, 4) is 0 Å². The highest BCUT2D eigenvalue weighted by molar-refractivity contribution is 7.89. The standard InChI is InChI=1S/C16H23N3O3S/c1-16(2,3)11-7-4-5-8-12(11)19-23(20,21)14-10-6-9-13-15(14)18-22-17-13/h6,9-12,19H,4-5,7-8H2,1-3H3/t11-,12+/m1/s1. The first-order chi connectivity index (χ1) is 10.8. The highest BCUT2D eigenvalue weighted by Gasteiger charge is 2.37. The van der Waals surface area contributed by atoms with Gasteiger partial charge in [-0.3, -0.25) is 0 Å². The van der Waals surface area contributed by atoms with Gasteiger partial charge < -0.3 is 0 Å². The van der Waals surface area contributed by atoms with Crippen LogP contribution in [0.4, 0.5) is 0 Å². The van der Waals surface area contributed by atoms with Gasteiger partial charge in [0.05, 0.1) is 0 Å². The zero-order chi connectivity index (χ0) is 16.7. The summed E-state index contributed by atoms with van der Waals surface area (Å²) < 4.78 is 33.3. The van der Waals surface area contributed by atoms with Crippen LogP contribution in [0.5, 0.6) is 0 Å². The average Bonchev–Trinajstić information content (AvgIpc) is 2.94. The van der Waals surface area contributed by atoms with E-state index >= 15 is 0 Å². The van der Waals surface area contributed by atoms with Crippen LogP contribution in [0.15, 0.2) is 27.7 Å². The lowest BCUT2D eigenvalue weighted by Crippen LogP contribution is -2.46. The second kappa shape index (κ2) is 5.87. The summed E-state index contributed by atoms with van der Waals surface area (Å²) in [5, 5.41) is 7.46. The maximum Gasteiger partial charge on any atom is 0.243 e. The number of fused-ring (bicyclic) bond motifs is 1. The van der Waals surface area contributed by atoms with Crippen LogP contribution >= 0.6 is 0 Å². The van der Waals surface area contributed by atoms with E-state index in [4.69, 9.17) is 0 Å². The highest BCUT2D eigenvalue weighted by atomic mass is 32.2. The minimum Gasteiger partial charge on any atom is -0.243 e. The van der Waals surface area contributed by atoms with Gasteiger partial charge in [-0.25, -0.2) is 17.8 Å². The van der Waals surface area contributed by atoms with Gasteiger partial charge in [0, 0.05) is 6.04 Å². The van der Waals surface area contributed by atoms with Crippen LogP contribution in [0.1, 0.15) is 46.5 Å². The maximum atomic E-state index is 12.9. The van der Waals surface area contributed by atoms with Crippen molar-refractivity contribution in [3.05, 3.63) is 18.2 Å². The Morgan fingerprint density at radius 3 is 2.65 bits per heavy atom. The molecular formula is C16H23N3O3S. The molecule has 3 rings (SSSR count). The number of benzene rings is 1. The summed E-state index contributed by atoms with van der Waals surface area (Å²) in [7, 11) is -3.66. The van der Waals surface area contributed by atoms with Crippen LogP contribution in [-0.4, -0.2) is 24.8 Å². The lowest BCUT2D eigenvalue weighted by Gasteiger charge is -2.40. The molecule has 1 fully saturated rings. The summed E-state index contributed by atoms with van der Waals surface area (Å²) in [5.74, 6) is 0.320. The summed E-state index contributed by atoms with van der Waals surface area (Å²) in [5.41, 5.74) is 0.793. The molecular weight excluding hydrogens is 314 g/mol. The molecule has 1 aliphatic carbocycles. The predicted molar refractivity (Wildman–Crippen MR) is 87.3 cm³/mol. The van der Waals surface area contributed by atoms with E-state index in [2.05, 4.69) is 40.4 Å². The molecule has 7 heteroatoms. The van der Waals surface area contributed by atoms with Crippen molar-refractivity contribution in [2.45, 2.75) is 57.4 Å². The van der Waals surface area contributed by atoms with Crippen molar-refractivity contribution in [2.24, 2.45) is 11.3 Å². The molecule has 0 aliphatic heterocycles. The normalized spacial score (nSPS) is 23.3. The highest BCUT2D eigenvalue weighted by Crippen LogP contribution is 2.38. The molecule has 0 saturated heterocycles. The van der Waals surface area contributed by atoms with Crippen LogP contribution < -0.4 is 4.72 Å². The molecule has 2 atom stereocenters. The monoisotopic (exact) mass is 337 g/mol. The molecule has 0 amide bonds. The molecule has 23 heavy (non-hydrogen) atoms. The van der Waals surface area contributed by atoms with Gasteiger partial charge in [0.15, 0.2) is 5.52 Å². The molecule has 0 radical (unpaired) electrons. The first-order valence-electron chi connectivity index (χ1n) is 8.03. The topological polar surface area (TPSA) is 85.1 Å². The fraction of sp³-hybridized carbons (Fsp3) is 0.625. The third kappa shape index (κ3) is 3.26. The molecule has 1 aromatic carbocycles. The van der Waals surface area contributed by atoms with Crippen molar-refractivity contribution in [1.29, 1.82) is 0 Å². The van der Waals surface area contributed by atoms with E-state index in [1.54, 1.807) is 18.2 Å². The van der Waals surface area contributed by atoms with Crippen LogP contribution in [0, 0.1) is 11.3 Å². The van der Waals surface area contributed by atoms with Crippen LogP contribution in [0.2, 0.25) is 0 Å². The minimum atomic E-state index is -3.66. The third-order valence-electron chi connectivity index (χ3n) is 4.72. The fourth-order valence-electron chi connectivity index (χ4n) is 3.57. The Hall–Kier alpha value is -1.47. The number of hydrogen-bond donors (Lipinski definition) is 1. The zero-order valence-electron chi connectivity index (χ0n) is 13.7. The fourth-order valence-corrected chi connectivity index (χ4v) is 5.03. The summed E-state index contributed by atoms with van der Waals surface area (Å²) >= 11 is 0. The number of sulfonamides is 1. The molecule has 1 aromatic heterocycles. The van der Waals surface area contributed by atoms with Crippen LogP contribution in [0.25, 0.3) is 11.0 Å². The van der Waals surface area contributed by atoms with Crippen molar-refractivity contribution >= 4 is 21.1 Å². The molecule has 2 aromatic rings. The van der Waals surface area contributed by atoms with Crippen molar-refractivity contribution in [3.63, 3.8) is 0 Å².